The number of nitrogens with one attached hydrogen (secondary N) is 1. The number of allylic oxidation sites excluding steroid dienone is 2. The SMILES string of the molecule is C[C@@H]1C=CC[C@H]2C(=O)N(c3cccc(C(=O)Nc4ccccc4)c3)C(=O)[C@@H]12. The fourth-order valence-corrected chi connectivity index (χ4v) is 3.91. The number of amides is 3. The van der Waals surface area contributed by atoms with Crippen LogP contribution in [0.1, 0.15) is 23.7 Å². The molecular formula is C22H20N2O3. The first-order chi connectivity index (χ1) is 13.1. The highest BCUT2D eigenvalue weighted by atomic mass is 16.2. The van der Waals surface area contributed by atoms with Crippen LogP contribution in [0.4, 0.5) is 11.4 Å². The Balaban J connectivity index is 1.60. The molecule has 3 atom stereocenters. The Labute approximate surface area is 157 Å². The molecule has 3 amide bonds. The van der Waals surface area contributed by atoms with Gasteiger partial charge < -0.3 is 5.32 Å². The molecule has 27 heavy (non-hydrogen) atoms. The number of nitrogens with zero attached hydrogens (tertiary/aromatic N) is 1. The Morgan fingerprint density at radius 3 is 2.56 bits per heavy atom. The van der Waals surface area contributed by atoms with E-state index in [1.165, 1.54) is 4.90 Å². The number of hydrogen-bond acceptors (Lipinski definition) is 3. The number of imide groups is 1. The molecule has 0 radical (unpaired) electrons. The van der Waals surface area contributed by atoms with Crippen LogP contribution in [-0.4, -0.2) is 17.7 Å². The van der Waals surface area contributed by atoms with E-state index in [9.17, 15) is 14.4 Å². The molecule has 0 unspecified atom stereocenters. The van der Waals surface area contributed by atoms with Gasteiger partial charge in [-0.2, -0.15) is 0 Å². The standard InChI is InChI=1S/C22H20N2O3/c1-14-7-5-12-18-19(14)22(27)24(21(18)26)17-11-6-8-15(13-17)20(25)23-16-9-3-2-4-10-16/h2-11,13-14,18-19H,12H2,1H3,(H,23,25)/t14-,18-,19+/m1/s1. The van der Waals surface area contributed by atoms with Crippen LogP contribution in [0.25, 0.3) is 0 Å². The lowest BCUT2D eigenvalue weighted by Gasteiger charge is -2.22. The number of benzene rings is 2. The Morgan fingerprint density at radius 2 is 1.81 bits per heavy atom. The molecule has 2 aromatic rings. The molecule has 1 fully saturated rings. The van der Waals surface area contributed by atoms with Crippen LogP contribution in [0.2, 0.25) is 0 Å². The average molecular weight is 360 g/mol. The Kier molecular flexibility index (Phi) is 4.36. The van der Waals surface area contributed by atoms with Crippen LogP contribution in [0, 0.1) is 17.8 Å². The van der Waals surface area contributed by atoms with Gasteiger partial charge in [-0.3, -0.25) is 19.3 Å². The Hall–Kier alpha value is -3.21. The minimum absolute atomic E-state index is 0.0368. The molecule has 2 aliphatic rings. The van der Waals surface area contributed by atoms with Crippen molar-refractivity contribution in [1.29, 1.82) is 0 Å². The van der Waals surface area contributed by atoms with Gasteiger partial charge in [0.25, 0.3) is 5.91 Å². The third-order valence-electron chi connectivity index (χ3n) is 5.27. The van der Waals surface area contributed by atoms with E-state index < -0.39 is 0 Å². The van der Waals surface area contributed by atoms with Gasteiger partial charge in [0.2, 0.25) is 11.8 Å². The number of fused-ring (bicyclic) bond motifs is 1. The summed E-state index contributed by atoms with van der Waals surface area (Å²) >= 11 is 0. The second-order valence-electron chi connectivity index (χ2n) is 7.04. The molecular weight excluding hydrogens is 340 g/mol. The van der Waals surface area contributed by atoms with Gasteiger partial charge in [-0.1, -0.05) is 43.3 Å². The lowest BCUT2D eigenvalue weighted by molar-refractivity contribution is -0.122. The van der Waals surface area contributed by atoms with Gasteiger partial charge in [0.1, 0.15) is 0 Å². The van der Waals surface area contributed by atoms with Gasteiger partial charge in [-0.05, 0) is 42.7 Å². The predicted molar refractivity (Wildman–Crippen MR) is 103 cm³/mol. The van der Waals surface area contributed by atoms with Crippen molar-refractivity contribution in [1.82, 2.24) is 0 Å². The molecule has 5 nitrogen and oxygen atoms in total. The van der Waals surface area contributed by atoms with E-state index in [1.54, 1.807) is 36.4 Å². The lowest BCUT2D eigenvalue weighted by atomic mass is 9.78. The molecule has 0 saturated carbocycles. The summed E-state index contributed by atoms with van der Waals surface area (Å²) in [7, 11) is 0. The first kappa shape index (κ1) is 17.2. The third-order valence-corrected chi connectivity index (χ3v) is 5.27. The second-order valence-corrected chi connectivity index (χ2v) is 7.04. The predicted octanol–water partition coefficient (Wildman–Crippen LogP) is 3.64. The fourth-order valence-electron chi connectivity index (χ4n) is 3.91. The van der Waals surface area contributed by atoms with Crippen molar-refractivity contribution < 1.29 is 14.4 Å². The second kappa shape index (κ2) is 6.83. The molecule has 4 rings (SSSR count). The van der Waals surface area contributed by atoms with Crippen molar-refractivity contribution >= 4 is 29.1 Å². The summed E-state index contributed by atoms with van der Waals surface area (Å²) in [5, 5.41) is 2.82. The van der Waals surface area contributed by atoms with Gasteiger partial charge in [0.05, 0.1) is 17.5 Å². The van der Waals surface area contributed by atoms with Crippen molar-refractivity contribution in [2.75, 3.05) is 10.2 Å². The number of hydrogen-bond donors (Lipinski definition) is 1. The quantitative estimate of drug-likeness (QED) is 0.671. The van der Waals surface area contributed by atoms with Gasteiger partial charge in [-0.25, -0.2) is 0 Å². The highest BCUT2D eigenvalue weighted by Crippen LogP contribution is 2.40. The van der Waals surface area contributed by atoms with E-state index in [-0.39, 0.29) is 35.5 Å². The molecule has 1 heterocycles. The summed E-state index contributed by atoms with van der Waals surface area (Å²) < 4.78 is 0. The summed E-state index contributed by atoms with van der Waals surface area (Å²) in [4.78, 5) is 39.5. The van der Waals surface area contributed by atoms with Crippen molar-refractivity contribution in [2.45, 2.75) is 13.3 Å². The van der Waals surface area contributed by atoms with E-state index in [4.69, 9.17) is 0 Å². The molecule has 1 N–H and O–H groups in total. The maximum absolute atomic E-state index is 12.9. The lowest BCUT2D eigenvalue weighted by Crippen LogP contribution is -2.31. The highest BCUT2D eigenvalue weighted by molar-refractivity contribution is 6.22. The van der Waals surface area contributed by atoms with Crippen LogP contribution in [0.5, 0.6) is 0 Å². The highest BCUT2D eigenvalue weighted by Gasteiger charge is 2.50. The summed E-state index contributed by atoms with van der Waals surface area (Å²) in [6.07, 6.45) is 4.56. The van der Waals surface area contributed by atoms with E-state index in [0.717, 1.165) is 0 Å². The van der Waals surface area contributed by atoms with E-state index in [2.05, 4.69) is 5.32 Å². The summed E-state index contributed by atoms with van der Waals surface area (Å²) in [6, 6.07) is 15.8. The molecule has 1 saturated heterocycles. The first-order valence-corrected chi connectivity index (χ1v) is 9.07. The zero-order valence-corrected chi connectivity index (χ0v) is 15.0. The molecule has 0 aromatic heterocycles. The largest absolute Gasteiger partial charge is 0.322 e. The molecule has 2 aromatic carbocycles. The van der Waals surface area contributed by atoms with E-state index in [0.29, 0.717) is 23.4 Å². The summed E-state index contributed by atoms with van der Waals surface area (Å²) in [5.41, 5.74) is 1.54. The summed E-state index contributed by atoms with van der Waals surface area (Å²) in [6.45, 7) is 1.96. The molecule has 1 aliphatic carbocycles. The monoisotopic (exact) mass is 360 g/mol. The van der Waals surface area contributed by atoms with Crippen LogP contribution < -0.4 is 10.2 Å². The summed E-state index contributed by atoms with van der Waals surface area (Å²) in [5.74, 6) is -1.22. The van der Waals surface area contributed by atoms with Crippen molar-refractivity contribution in [2.24, 2.45) is 17.8 Å². The Morgan fingerprint density at radius 1 is 1.04 bits per heavy atom. The van der Waals surface area contributed by atoms with Gasteiger partial charge in [-0.15, -0.1) is 0 Å². The van der Waals surface area contributed by atoms with Crippen molar-refractivity contribution in [3.8, 4) is 0 Å². The van der Waals surface area contributed by atoms with Crippen LogP contribution in [0.15, 0.2) is 66.7 Å². The van der Waals surface area contributed by atoms with Crippen molar-refractivity contribution in [3.05, 3.63) is 72.3 Å². The number of anilines is 2. The van der Waals surface area contributed by atoms with Crippen molar-refractivity contribution in [3.63, 3.8) is 0 Å². The maximum Gasteiger partial charge on any atom is 0.255 e. The minimum atomic E-state index is -0.315. The van der Waals surface area contributed by atoms with Gasteiger partial charge in [0, 0.05) is 11.3 Å². The topological polar surface area (TPSA) is 66.5 Å². The maximum atomic E-state index is 12.9. The smallest absolute Gasteiger partial charge is 0.255 e. The number of carbonyl (C=O) groups excluding carboxylic acids is 3. The van der Waals surface area contributed by atoms with Crippen LogP contribution >= 0.6 is 0 Å². The molecule has 1 aliphatic heterocycles. The molecule has 0 bridgehead atoms. The van der Waals surface area contributed by atoms with Gasteiger partial charge in [0.15, 0.2) is 0 Å². The minimum Gasteiger partial charge on any atom is -0.322 e. The zero-order valence-electron chi connectivity index (χ0n) is 15.0. The zero-order chi connectivity index (χ0) is 19.0. The normalized spacial score (nSPS) is 24.0. The number of carbonyl (C=O) groups is 3. The van der Waals surface area contributed by atoms with Gasteiger partial charge >= 0.3 is 0 Å². The van der Waals surface area contributed by atoms with E-state index in [1.807, 2.05) is 37.3 Å². The van der Waals surface area contributed by atoms with E-state index >= 15 is 0 Å². The number of para-hydroxylation sites is 1. The number of rotatable bonds is 3. The third kappa shape index (κ3) is 3.05. The first-order valence-electron chi connectivity index (χ1n) is 9.07. The Bertz CT molecular complexity index is 936. The molecule has 5 heteroatoms. The fraction of sp³-hybridized carbons (Fsp3) is 0.227. The average Bonchev–Trinajstić information content (AvgIpc) is 2.94. The van der Waals surface area contributed by atoms with Crippen LogP contribution in [-0.2, 0) is 9.59 Å². The van der Waals surface area contributed by atoms with Crippen LogP contribution in [0.3, 0.4) is 0 Å². The molecule has 136 valence electrons. The molecule has 0 spiro atoms.